The minimum absolute atomic E-state index is 0. The average Bonchev–Trinajstić information content (AvgIpc) is 1.55. The maximum absolute atomic E-state index is 15.4. The van der Waals surface area contributed by atoms with Crippen molar-refractivity contribution in [1.29, 1.82) is 0 Å². The molecule has 2 heterocycles. The molecule has 6 atom stereocenters. The normalized spacial score (nSPS) is 17.4. The molecule has 0 spiro atoms. The number of alkyl halides is 1. The van der Waals surface area contributed by atoms with E-state index in [1.807, 2.05) is 0 Å². The Balaban J connectivity index is 0.000000440. The molecule has 526 valence electrons. The van der Waals surface area contributed by atoms with Crippen LogP contribution in [0.4, 0.5) is 40.3 Å². The molecule has 2 unspecified atom stereocenters. The van der Waals surface area contributed by atoms with Gasteiger partial charge in [0.1, 0.15) is 40.6 Å². The van der Waals surface area contributed by atoms with E-state index in [-0.39, 0.29) is 187 Å². The number of benzene rings is 6. The molecule has 2 aromatic heterocycles. The Kier molecular flexibility index (Phi) is 34.9. The molecule has 2 saturated carbocycles. The van der Waals surface area contributed by atoms with Crippen molar-refractivity contribution in [1.82, 2.24) is 19.8 Å². The van der Waals surface area contributed by atoms with Crippen LogP contribution >= 0.6 is 24.0 Å². The number of pyridine rings is 2. The van der Waals surface area contributed by atoms with Crippen molar-refractivity contribution >= 4 is 98.7 Å². The molecule has 0 radical (unpaired) electrons. The van der Waals surface area contributed by atoms with E-state index in [0.717, 1.165) is 57.3 Å². The molecule has 0 aliphatic heterocycles. The van der Waals surface area contributed by atoms with Gasteiger partial charge in [0.25, 0.3) is 6.47 Å². The van der Waals surface area contributed by atoms with Gasteiger partial charge in [0, 0.05) is 89.2 Å². The molecule has 100 heavy (non-hydrogen) atoms. The second-order valence-electron chi connectivity index (χ2n) is 22.7. The fourth-order valence-corrected chi connectivity index (χ4v) is 11.6. The average molecular weight is 1480 g/mol. The molecule has 2 fully saturated rings. The number of halogens is 6. The van der Waals surface area contributed by atoms with Crippen molar-refractivity contribution in [3.8, 4) is 46.0 Å². The third-order valence-electron chi connectivity index (χ3n) is 17.6. The zero-order chi connectivity index (χ0) is 70.7. The number of phenolic OH excluding ortho intramolecular Hbond substituents is 1. The molecular weight excluding hydrogens is 1400 g/mol. The number of nitrogens with zero attached hydrogens (tertiary/aromatic N) is 4. The third kappa shape index (κ3) is 21.0. The van der Waals surface area contributed by atoms with E-state index in [1.165, 1.54) is 98.2 Å². The monoisotopic (exact) mass is 1480 g/mol. The summed E-state index contributed by atoms with van der Waals surface area (Å²) in [5.41, 5.74) is -0.658. The topological polar surface area (TPSA) is 264 Å². The third-order valence-corrected chi connectivity index (χ3v) is 17.7. The summed E-state index contributed by atoms with van der Waals surface area (Å²) in [4.78, 5) is 77.6. The van der Waals surface area contributed by atoms with Crippen LogP contribution in [-0.4, -0.2) is 121 Å². The van der Waals surface area contributed by atoms with Crippen LogP contribution in [0.5, 0.6) is 46.0 Å². The van der Waals surface area contributed by atoms with E-state index in [4.69, 9.17) is 45.3 Å². The second kappa shape index (κ2) is 40.6. The molecule has 2 aliphatic carbocycles. The number of aromatic hydroxyl groups is 1. The van der Waals surface area contributed by atoms with Crippen LogP contribution < -0.4 is 153 Å². The quantitative estimate of drug-likeness (QED) is 0.00715. The number of aromatic nitrogens is 2. The Morgan fingerprint density at radius 2 is 0.900 bits per heavy atom. The minimum atomic E-state index is -1.36. The number of ether oxygens (including phenoxy) is 5. The first-order chi connectivity index (χ1) is 46.5. The van der Waals surface area contributed by atoms with Gasteiger partial charge in [0.15, 0.2) is 46.1 Å². The summed E-state index contributed by atoms with van der Waals surface area (Å²) in [5.74, 6) is -3.17. The van der Waals surface area contributed by atoms with Crippen LogP contribution in [0.15, 0.2) is 134 Å². The maximum Gasteiger partial charge on any atom is 1.00 e. The van der Waals surface area contributed by atoms with E-state index in [0.29, 0.717) is 57.0 Å². The van der Waals surface area contributed by atoms with E-state index in [1.54, 1.807) is 65.3 Å². The van der Waals surface area contributed by atoms with Crippen LogP contribution in [0.3, 0.4) is 0 Å². The van der Waals surface area contributed by atoms with Gasteiger partial charge >= 0.3 is 103 Å². The summed E-state index contributed by atoms with van der Waals surface area (Å²) in [6.07, 6.45) is 3.02. The van der Waals surface area contributed by atoms with Gasteiger partial charge in [0.05, 0.1) is 25.3 Å². The van der Waals surface area contributed by atoms with E-state index < -0.39 is 57.7 Å². The van der Waals surface area contributed by atoms with Gasteiger partial charge in [0.2, 0.25) is 23.6 Å². The van der Waals surface area contributed by atoms with Gasteiger partial charge in [-0.2, -0.15) is 0 Å². The number of amides is 4. The molecule has 0 bridgehead atoms. The number of carbonyl (C=O) groups excluding carboxylic acids is 5. The summed E-state index contributed by atoms with van der Waals surface area (Å²) in [6, 6.07) is 28.2. The van der Waals surface area contributed by atoms with Crippen molar-refractivity contribution < 1.29 is 185 Å². The first-order valence-corrected chi connectivity index (χ1v) is 31.8. The van der Waals surface area contributed by atoms with Crippen molar-refractivity contribution in [3.05, 3.63) is 157 Å². The number of nitrogens with one attached hydrogen (secondary N) is 4. The van der Waals surface area contributed by atoms with E-state index in [2.05, 4.69) is 73.6 Å². The zero-order valence-electron chi connectivity index (χ0n) is 58.7. The second-order valence-corrected chi connectivity index (χ2v) is 23.1. The zero-order valence-corrected chi connectivity index (χ0v) is 65.5. The van der Waals surface area contributed by atoms with Gasteiger partial charge in [-0.1, -0.05) is 55.4 Å². The van der Waals surface area contributed by atoms with Gasteiger partial charge in [-0.15, -0.1) is 24.0 Å². The molecular formula is C71H80Cl2F4K2N8O13. The summed E-state index contributed by atoms with van der Waals surface area (Å²) >= 11 is 5.51. The summed E-state index contributed by atoms with van der Waals surface area (Å²) in [6.45, 7) is 21.9. The molecule has 29 heteroatoms. The van der Waals surface area contributed by atoms with Crippen molar-refractivity contribution in [2.45, 2.75) is 55.4 Å². The number of carbonyl (C=O) groups is 5. The molecule has 21 nitrogen and oxygen atoms in total. The SMILES string of the molecule is CCN(CC)CCCl.CCN(CC)CCOc1cc2nccc(Oc3ccc(NC(=O)C4(C(=O)Nc5ccc(F)cc5)[C@H](C)[C@@H]4C)cc3F)c2cc1OC.COc1cc2c(Oc3ccc(NC(=O)C4(C(=O)Nc5ccc(F)cc5)[C@H](C)[C@@H]4C)cc3F)ccnc2cc1O.Cl.O=CO[O-].[H-].[K+].[K+]. The summed E-state index contributed by atoms with van der Waals surface area (Å²) < 4.78 is 85.4. The van der Waals surface area contributed by atoms with E-state index >= 15 is 8.78 Å². The van der Waals surface area contributed by atoms with Crippen LogP contribution in [0, 0.1) is 57.8 Å². The minimum Gasteiger partial charge on any atom is -1.00 e. The standard InChI is InChI=1S/C35H38F2N4O5.C29H25F2N3O5.C6H14ClN.CH2O3.ClH.2K.H/c1-6-41(7-2)16-17-45-32-20-28-26(19-31(32)44-5)29(14-15-38-28)46-30-13-12-25(18-27(30)37)40-34(43)35(21(3)22(35)4)33(42)39-24-10-8-23(36)9-11-24;1-15-16(2)29(15,27(36)33-18-6-4-17(30)5-7-18)28(37)34-19-8-9-25(21(31)12-19)39-24-10-11-32-22-14-23(35)26(38-3)13-20(22)24;1-3-8(4-2)6-5-7;2-1-4-3;;;;/h8-15,18-22H,6-7,16-17H2,1-5H3,(H,39,42)(H,40,43);4-16,35H,1-3H3,(H,33,36)(H,34,37);3-6H2,1-2H3;1,3H;1H;;;/q;;;;;2*+1;-1/p-1/t21-,22+,35?;15-,16+,29?;;;;;;. The number of anilines is 4. The fourth-order valence-electron chi connectivity index (χ4n) is 11.3. The molecule has 8 aromatic rings. The molecule has 6 aromatic carbocycles. The number of hydrogen-bond acceptors (Lipinski definition) is 17. The van der Waals surface area contributed by atoms with Gasteiger partial charge in [-0.3, -0.25) is 33.9 Å². The van der Waals surface area contributed by atoms with E-state index in [9.17, 15) is 33.1 Å². The maximum atomic E-state index is 15.4. The number of likely N-dealkylation sites (N-methyl/N-ethyl adjacent to an activating group) is 1. The van der Waals surface area contributed by atoms with Gasteiger partial charge in [-0.25, -0.2) is 17.6 Å². The molecule has 5 N–H and O–H groups in total. The van der Waals surface area contributed by atoms with Crippen LogP contribution in [0.1, 0.15) is 56.8 Å². The van der Waals surface area contributed by atoms with Crippen molar-refractivity contribution in [3.63, 3.8) is 0 Å². The Bertz CT molecular complexity index is 4050. The molecule has 2 aliphatic rings. The number of fused-ring (bicyclic) bond motifs is 2. The smallest absolute Gasteiger partial charge is 1.00 e. The Morgan fingerprint density at radius 3 is 1.24 bits per heavy atom. The Hall–Kier alpha value is -6.26. The predicted octanol–water partition coefficient (Wildman–Crippen LogP) is 7.30. The Labute approximate surface area is 675 Å². The van der Waals surface area contributed by atoms with Gasteiger partial charge in [-0.05, 0) is 147 Å². The summed E-state index contributed by atoms with van der Waals surface area (Å²) in [5, 5.41) is 30.3. The van der Waals surface area contributed by atoms with Crippen molar-refractivity contribution in [2.24, 2.45) is 34.5 Å². The largest absolute Gasteiger partial charge is 1.00 e. The molecule has 10 rings (SSSR count). The summed E-state index contributed by atoms with van der Waals surface area (Å²) in [7, 11) is 2.95. The first kappa shape index (κ1) is 86.2. The van der Waals surface area contributed by atoms with Gasteiger partial charge < -0.3 is 71.4 Å². The number of hydrogen-bond donors (Lipinski definition) is 5. The van der Waals surface area contributed by atoms with Crippen LogP contribution in [-0.2, 0) is 28.9 Å². The number of rotatable bonds is 25. The van der Waals surface area contributed by atoms with Crippen LogP contribution in [0.25, 0.3) is 21.8 Å². The molecule has 4 amide bonds. The van der Waals surface area contributed by atoms with Crippen molar-refractivity contribution in [2.75, 3.05) is 87.2 Å². The fraction of sp³-hybridized carbons (Fsp3) is 0.338. The number of phenols is 1. The Morgan fingerprint density at radius 1 is 0.540 bits per heavy atom. The first-order valence-electron chi connectivity index (χ1n) is 31.2. The molecule has 0 saturated heterocycles. The number of methoxy groups -OCH3 is 2. The van der Waals surface area contributed by atoms with Crippen LogP contribution in [0.2, 0.25) is 0 Å². The predicted molar refractivity (Wildman–Crippen MR) is 367 cm³/mol.